The number of nitrogens with one attached hydrogen (secondary N) is 1. The number of rotatable bonds is 4. The summed E-state index contributed by atoms with van der Waals surface area (Å²) >= 11 is 0. The highest BCUT2D eigenvalue weighted by molar-refractivity contribution is 5.78. The maximum absolute atomic E-state index is 12.8. The lowest BCUT2D eigenvalue weighted by Crippen LogP contribution is -2.47. The first-order valence-electron chi connectivity index (χ1n) is 9.78. The summed E-state index contributed by atoms with van der Waals surface area (Å²) in [6, 6.07) is 11.4. The lowest BCUT2D eigenvalue weighted by atomic mass is 9.77. The molecule has 156 valence electrons. The van der Waals surface area contributed by atoms with Gasteiger partial charge in [-0.3, -0.25) is 9.69 Å². The number of hydrogen-bond donors (Lipinski definition) is 1. The first kappa shape index (κ1) is 21.4. The summed E-state index contributed by atoms with van der Waals surface area (Å²) in [5, 5.41) is 2.92. The molecule has 0 atom stereocenters. The van der Waals surface area contributed by atoms with Crippen LogP contribution >= 0.6 is 0 Å². The van der Waals surface area contributed by atoms with Crippen LogP contribution in [0, 0.1) is 0 Å². The normalized spacial score (nSPS) is 16.6. The predicted molar refractivity (Wildman–Crippen MR) is 108 cm³/mol. The van der Waals surface area contributed by atoms with E-state index in [1.807, 2.05) is 26.0 Å². The van der Waals surface area contributed by atoms with Gasteiger partial charge in [-0.1, -0.05) is 38.1 Å². The molecule has 1 heterocycles. The number of carbonyl (C=O) groups excluding carboxylic acids is 1. The van der Waals surface area contributed by atoms with Crippen LogP contribution in [-0.2, 0) is 22.9 Å². The van der Waals surface area contributed by atoms with Crippen molar-refractivity contribution in [3.05, 3.63) is 59.2 Å². The smallest absolute Gasteiger partial charge is 0.353 e. The number of fused-ring (bicyclic) bond motifs is 1. The van der Waals surface area contributed by atoms with E-state index in [0.29, 0.717) is 13.1 Å². The van der Waals surface area contributed by atoms with Crippen LogP contribution in [0.3, 0.4) is 0 Å². The van der Waals surface area contributed by atoms with E-state index in [0.717, 1.165) is 35.4 Å². The fourth-order valence-electron chi connectivity index (χ4n) is 4.04. The highest BCUT2D eigenvalue weighted by Gasteiger charge is 2.33. The van der Waals surface area contributed by atoms with Crippen LogP contribution in [-0.4, -0.2) is 29.9 Å². The second kappa shape index (κ2) is 7.82. The van der Waals surface area contributed by atoms with Crippen LogP contribution in [0.1, 0.15) is 44.4 Å². The van der Waals surface area contributed by atoms with Gasteiger partial charge in [-0.2, -0.15) is 13.2 Å². The third kappa shape index (κ3) is 4.99. The van der Waals surface area contributed by atoms with Crippen molar-refractivity contribution in [3.8, 4) is 11.1 Å². The molecule has 2 aromatic rings. The molecule has 0 spiro atoms. The van der Waals surface area contributed by atoms with Crippen LogP contribution in [0.15, 0.2) is 42.5 Å². The molecule has 0 saturated carbocycles. The summed E-state index contributed by atoms with van der Waals surface area (Å²) < 4.78 is 38.5. The topological polar surface area (TPSA) is 32.3 Å². The number of alkyl halides is 3. The SMILES string of the molecule is CC(C)NC(=O)CN1Cc2cc(-c3ccc(C(F)(F)F)cc3)ccc2C(C)(C)C1. The van der Waals surface area contributed by atoms with Crippen LogP contribution in [0.5, 0.6) is 0 Å². The van der Waals surface area contributed by atoms with E-state index in [9.17, 15) is 18.0 Å². The molecule has 29 heavy (non-hydrogen) atoms. The third-order valence-corrected chi connectivity index (χ3v) is 5.21. The first-order chi connectivity index (χ1) is 13.5. The molecule has 3 nitrogen and oxygen atoms in total. The molecule has 0 fully saturated rings. The fraction of sp³-hybridized carbons (Fsp3) is 0.435. The molecular formula is C23H27F3N2O. The van der Waals surface area contributed by atoms with Crippen molar-refractivity contribution in [1.82, 2.24) is 10.2 Å². The highest BCUT2D eigenvalue weighted by Crippen LogP contribution is 2.36. The van der Waals surface area contributed by atoms with Gasteiger partial charge in [0.2, 0.25) is 5.91 Å². The van der Waals surface area contributed by atoms with E-state index in [1.165, 1.54) is 17.7 Å². The summed E-state index contributed by atoms with van der Waals surface area (Å²) in [5.74, 6) is -0.00172. The largest absolute Gasteiger partial charge is 0.416 e. The standard InChI is InChI=1S/C23H27F3N2O/c1-15(2)27-21(29)13-28-12-18-11-17(7-10-20(18)22(3,4)14-28)16-5-8-19(9-6-16)23(24,25)26/h5-11,15H,12-14H2,1-4H3,(H,27,29). The van der Waals surface area contributed by atoms with E-state index in [2.05, 4.69) is 30.1 Å². The Morgan fingerprint density at radius 2 is 1.72 bits per heavy atom. The summed E-state index contributed by atoms with van der Waals surface area (Å²) in [7, 11) is 0. The van der Waals surface area contributed by atoms with Crippen LogP contribution in [0.25, 0.3) is 11.1 Å². The lowest BCUT2D eigenvalue weighted by molar-refractivity contribution is -0.137. The van der Waals surface area contributed by atoms with E-state index in [1.54, 1.807) is 0 Å². The Morgan fingerprint density at radius 3 is 2.31 bits per heavy atom. The number of hydrogen-bond acceptors (Lipinski definition) is 2. The molecule has 0 saturated heterocycles. The molecule has 2 aromatic carbocycles. The van der Waals surface area contributed by atoms with E-state index in [4.69, 9.17) is 0 Å². The molecule has 1 amide bonds. The van der Waals surface area contributed by atoms with E-state index >= 15 is 0 Å². The Kier molecular flexibility index (Phi) is 5.77. The molecule has 1 aliphatic heterocycles. The van der Waals surface area contributed by atoms with Gasteiger partial charge in [-0.25, -0.2) is 0 Å². The highest BCUT2D eigenvalue weighted by atomic mass is 19.4. The Balaban J connectivity index is 1.86. The maximum Gasteiger partial charge on any atom is 0.416 e. The minimum Gasteiger partial charge on any atom is -0.353 e. The number of halogens is 3. The second-order valence-electron chi connectivity index (χ2n) is 8.70. The molecule has 1 aliphatic rings. The Bertz CT molecular complexity index is 886. The van der Waals surface area contributed by atoms with Gasteiger partial charge in [0.1, 0.15) is 0 Å². The Hall–Kier alpha value is -2.34. The average Bonchev–Trinajstić information content (AvgIpc) is 2.59. The van der Waals surface area contributed by atoms with Crippen LogP contribution in [0.2, 0.25) is 0 Å². The van der Waals surface area contributed by atoms with Crippen molar-refractivity contribution in [2.75, 3.05) is 13.1 Å². The number of amides is 1. The minimum absolute atomic E-state index is 0.00172. The molecule has 0 radical (unpaired) electrons. The summed E-state index contributed by atoms with van der Waals surface area (Å²) in [5.41, 5.74) is 3.17. The molecular weight excluding hydrogens is 377 g/mol. The van der Waals surface area contributed by atoms with E-state index in [-0.39, 0.29) is 17.4 Å². The Labute approximate surface area is 169 Å². The number of carbonyl (C=O) groups is 1. The van der Waals surface area contributed by atoms with Crippen LogP contribution in [0.4, 0.5) is 13.2 Å². The van der Waals surface area contributed by atoms with Crippen molar-refractivity contribution < 1.29 is 18.0 Å². The van der Waals surface area contributed by atoms with Gasteiger partial charge in [-0.15, -0.1) is 0 Å². The van der Waals surface area contributed by atoms with Gasteiger partial charge in [0.05, 0.1) is 12.1 Å². The minimum atomic E-state index is -4.34. The second-order valence-corrected chi connectivity index (χ2v) is 8.70. The van der Waals surface area contributed by atoms with Crippen molar-refractivity contribution in [1.29, 1.82) is 0 Å². The quantitative estimate of drug-likeness (QED) is 0.779. The average molecular weight is 404 g/mol. The van der Waals surface area contributed by atoms with Crippen molar-refractivity contribution in [3.63, 3.8) is 0 Å². The number of nitrogens with zero attached hydrogens (tertiary/aromatic N) is 1. The predicted octanol–water partition coefficient (Wildman–Crippen LogP) is 4.99. The zero-order valence-electron chi connectivity index (χ0n) is 17.2. The maximum atomic E-state index is 12.8. The van der Waals surface area contributed by atoms with E-state index < -0.39 is 11.7 Å². The molecule has 0 bridgehead atoms. The zero-order valence-corrected chi connectivity index (χ0v) is 17.2. The van der Waals surface area contributed by atoms with Gasteiger partial charge in [0, 0.05) is 24.5 Å². The van der Waals surface area contributed by atoms with Gasteiger partial charge >= 0.3 is 6.18 Å². The van der Waals surface area contributed by atoms with Gasteiger partial charge in [0.15, 0.2) is 0 Å². The van der Waals surface area contributed by atoms with Gasteiger partial charge < -0.3 is 5.32 Å². The molecule has 1 N–H and O–H groups in total. The zero-order chi connectivity index (χ0) is 21.4. The monoisotopic (exact) mass is 404 g/mol. The van der Waals surface area contributed by atoms with Gasteiger partial charge in [-0.05, 0) is 54.3 Å². The Morgan fingerprint density at radius 1 is 1.10 bits per heavy atom. The van der Waals surface area contributed by atoms with Crippen molar-refractivity contribution >= 4 is 5.91 Å². The lowest BCUT2D eigenvalue weighted by Gasteiger charge is -2.40. The molecule has 0 aliphatic carbocycles. The van der Waals surface area contributed by atoms with Crippen molar-refractivity contribution in [2.24, 2.45) is 0 Å². The molecule has 3 rings (SSSR count). The third-order valence-electron chi connectivity index (χ3n) is 5.21. The summed E-state index contributed by atoms with van der Waals surface area (Å²) in [4.78, 5) is 14.3. The summed E-state index contributed by atoms with van der Waals surface area (Å²) in [6.45, 7) is 9.90. The summed E-state index contributed by atoms with van der Waals surface area (Å²) in [6.07, 6.45) is -4.34. The van der Waals surface area contributed by atoms with Gasteiger partial charge in [0.25, 0.3) is 0 Å². The molecule has 0 aromatic heterocycles. The molecule has 6 heteroatoms. The van der Waals surface area contributed by atoms with Crippen LogP contribution < -0.4 is 5.32 Å². The fourth-order valence-corrected chi connectivity index (χ4v) is 4.04. The first-order valence-corrected chi connectivity index (χ1v) is 9.78. The van der Waals surface area contributed by atoms with Crippen molar-refractivity contribution in [2.45, 2.75) is 51.9 Å². The molecule has 0 unspecified atom stereocenters. The number of benzene rings is 2.